The van der Waals surface area contributed by atoms with E-state index in [0.717, 1.165) is 31.5 Å². The predicted octanol–water partition coefficient (Wildman–Crippen LogP) is 0.630. The van der Waals surface area contributed by atoms with Gasteiger partial charge in [0.25, 0.3) is 5.91 Å². The molecule has 6 nitrogen and oxygen atoms in total. The lowest BCUT2D eigenvalue weighted by Crippen LogP contribution is -2.50. The maximum absolute atomic E-state index is 12.2. The minimum absolute atomic E-state index is 0.0299. The van der Waals surface area contributed by atoms with Gasteiger partial charge in [0.15, 0.2) is 0 Å². The second-order valence-electron chi connectivity index (χ2n) is 6.56. The zero-order valence-corrected chi connectivity index (χ0v) is 15.2. The molecule has 1 aliphatic rings. The monoisotopic (exact) mass is 346 g/mol. The number of amides is 1. The number of rotatable bonds is 9. The fourth-order valence-corrected chi connectivity index (χ4v) is 2.98. The molecule has 6 heteroatoms. The number of nitrogens with one attached hydrogen (secondary N) is 1. The lowest BCUT2D eigenvalue weighted by molar-refractivity contribution is -0.367. The third-order valence-corrected chi connectivity index (χ3v) is 4.52. The molecule has 1 heterocycles. The summed E-state index contributed by atoms with van der Waals surface area (Å²) in [5.74, 6) is 0.486. The molecule has 1 aliphatic heterocycles. The minimum atomic E-state index is -0.0299. The summed E-state index contributed by atoms with van der Waals surface area (Å²) >= 11 is 0. The van der Waals surface area contributed by atoms with Crippen molar-refractivity contribution in [2.45, 2.75) is 32.1 Å². The van der Waals surface area contributed by atoms with Crippen molar-refractivity contribution in [2.75, 3.05) is 39.3 Å². The van der Waals surface area contributed by atoms with Crippen LogP contribution in [0.5, 0.6) is 0 Å². The van der Waals surface area contributed by atoms with Gasteiger partial charge in [-0.3, -0.25) is 9.79 Å². The molecule has 2 rings (SSSR count). The number of nitrogens with zero attached hydrogens (tertiary/aromatic N) is 2. The van der Waals surface area contributed by atoms with E-state index in [4.69, 9.17) is 5.73 Å². The fraction of sp³-hybridized carbons (Fsp3) is 0.579. The molecule has 0 aromatic heterocycles. The maximum Gasteiger partial charge on any atom is 0.251 e. The number of hydrogen-bond donors (Lipinski definition) is 3. The van der Waals surface area contributed by atoms with E-state index < -0.39 is 0 Å². The maximum atomic E-state index is 12.2. The Morgan fingerprint density at radius 1 is 1.12 bits per heavy atom. The molecule has 1 aromatic carbocycles. The molecule has 1 saturated heterocycles. The van der Waals surface area contributed by atoms with Crippen molar-refractivity contribution in [1.29, 1.82) is 0 Å². The first-order valence-electron chi connectivity index (χ1n) is 9.41. The Morgan fingerprint density at radius 3 is 2.48 bits per heavy atom. The molecule has 25 heavy (non-hydrogen) atoms. The molecule has 0 radical (unpaired) electrons. The molecule has 0 bridgehead atoms. The van der Waals surface area contributed by atoms with Crippen molar-refractivity contribution in [2.24, 2.45) is 10.7 Å². The Kier molecular flexibility index (Phi) is 8.42. The van der Waals surface area contributed by atoms with Gasteiger partial charge in [0.05, 0.1) is 6.54 Å². The van der Waals surface area contributed by atoms with Gasteiger partial charge in [-0.1, -0.05) is 18.6 Å². The number of piperidine rings is 1. The second-order valence-corrected chi connectivity index (χ2v) is 6.56. The smallest absolute Gasteiger partial charge is 0.251 e. The van der Waals surface area contributed by atoms with Crippen LogP contribution in [-0.2, 0) is 0 Å². The third-order valence-electron chi connectivity index (χ3n) is 4.52. The highest BCUT2D eigenvalue weighted by molar-refractivity contribution is 5.99. The largest absolute Gasteiger partial charge is 0.384 e. The third kappa shape index (κ3) is 6.84. The van der Waals surface area contributed by atoms with Crippen molar-refractivity contribution >= 4 is 11.7 Å². The van der Waals surface area contributed by atoms with Crippen molar-refractivity contribution in [3.63, 3.8) is 0 Å². The molecule has 0 unspecified atom stereocenters. The summed E-state index contributed by atoms with van der Waals surface area (Å²) in [4.78, 5) is 19.0. The number of hydrogen-bond acceptors (Lipinski definition) is 3. The van der Waals surface area contributed by atoms with Gasteiger partial charge >= 0.3 is 0 Å². The van der Waals surface area contributed by atoms with Crippen LogP contribution < -0.4 is 16.8 Å². The number of aliphatic imine (C=N–C) groups is 1. The van der Waals surface area contributed by atoms with Crippen LogP contribution in [-0.4, -0.2) is 55.9 Å². The summed E-state index contributed by atoms with van der Waals surface area (Å²) in [6.07, 6.45) is 5.89. The van der Waals surface area contributed by atoms with E-state index in [1.54, 1.807) is 12.1 Å². The van der Waals surface area contributed by atoms with Gasteiger partial charge in [0.1, 0.15) is 5.84 Å². The predicted molar refractivity (Wildman–Crippen MR) is 102 cm³/mol. The molecule has 1 fully saturated rings. The minimum Gasteiger partial charge on any atom is -0.384 e. The number of nitrogens with two attached hydrogens (primary N) is 1. The van der Waals surface area contributed by atoms with Crippen LogP contribution in [0, 0.1) is 0 Å². The van der Waals surface area contributed by atoms with E-state index >= 15 is 0 Å². The van der Waals surface area contributed by atoms with Crippen molar-refractivity contribution < 1.29 is 10.5 Å². The highest BCUT2D eigenvalue weighted by Crippen LogP contribution is 2.08. The van der Waals surface area contributed by atoms with Crippen LogP contribution in [0.4, 0.5) is 0 Å². The number of carbonyl (C=O) groups excluding carboxylic acids is 1. The highest BCUT2D eigenvalue weighted by Gasteiger charge is 2.10. The average Bonchev–Trinajstić information content (AvgIpc) is 2.66. The van der Waals surface area contributed by atoms with Crippen LogP contribution >= 0.6 is 0 Å². The van der Waals surface area contributed by atoms with Crippen LogP contribution in [0.15, 0.2) is 29.3 Å². The number of carbonyl (C=O) groups is 1. The van der Waals surface area contributed by atoms with Crippen LogP contribution in [0.3, 0.4) is 0 Å². The lowest BCUT2D eigenvalue weighted by atomic mass is 10.1. The molecule has 1 amide bonds. The lowest BCUT2D eigenvalue weighted by Gasteiger charge is -2.26. The van der Waals surface area contributed by atoms with Crippen molar-refractivity contribution in [3.8, 4) is 0 Å². The standard InChI is InChI=1S/C19H31N5O/c20-10-4-11-22-18(21)16-6-8-17(9-7-16)19(25)23-12-5-15-24-13-2-1-3-14-24/h6-9H,1-5,10-15,20H2,(H2,21,22)(H,23,25)/p+1. The Hall–Kier alpha value is -1.92. The van der Waals surface area contributed by atoms with Gasteiger partial charge in [-0.2, -0.15) is 0 Å². The number of benzene rings is 1. The van der Waals surface area contributed by atoms with Crippen molar-refractivity contribution in [3.05, 3.63) is 35.4 Å². The van der Waals surface area contributed by atoms with Crippen molar-refractivity contribution in [1.82, 2.24) is 10.2 Å². The zero-order valence-electron chi connectivity index (χ0n) is 15.2. The average molecular weight is 346 g/mol. The van der Waals surface area contributed by atoms with E-state index in [1.807, 2.05) is 12.1 Å². The molecule has 6 N–H and O–H groups in total. The van der Waals surface area contributed by atoms with Gasteiger partial charge in [-0.05, 0) is 51.0 Å². The first-order chi connectivity index (χ1) is 12.2. The normalized spacial score (nSPS) is 16.0. The van der Waals surface area contributed by atoms with Gasteiger partial charge in [-0.25, -0.2) is 0 Å². The number of amidine groups is 1. The quantitative estimate of drug-likeness (QED) is 0.347. The molecule has 0 atom stereocenters. The number of likely N-dealkylation sites (tertiary alicyclic amines) is 1. The molecular weight excluding hydrogens is 314 g/mol. The summed E-state index contributed by atoms with van der Waals surface area (Å²) in [7, 11) is 0. The van der Waals surface area contributed by atoms with E-state index in [-0.39, 0.29) is 5.91 Å². The van der Waals surface area contributed by atoms with Gasteiger partial charge in [-0.15, -0.1) is 0 Å². The topological polar surface area (TPSA) is 98.4 Å². The Labute approximate surface area is 150 Å². The Balaban J connectivity index is 1.73. The SMILES string of the molecule is NC(=NCCC[NH3+])c1ccc(C(=O)NCCCN2CCCCC2)cc1. The van der Waals surface area contributed by atoms with Gasteiger partial charge in [0.2, 0.25) is 0 Å². The Morgan fingerprint density at radius 2 is 1.80 bits per heavy atom. The Bertz CT molecular complexity index is 549. The molecule has 1 aromatic rings. The molecule has 138 valence electrons. The molecule has 0 aliphatic carbocycles. The van der Waals surface area contributed by atoms with Crippen LogP contribution in [0.2, 0.25) is 0 Å². The van der Waals surface area contributed by atoms with Crippen LogP contribution in [0.1, 0.15) is 48.0 Å². The van der Waals surface area contributed by atoms with E-state index in [1.165, 1.54) is 32.4 Å². The highest BCUT2D eigenvalue weighted by atomic mass is 16.1. The summed E-state index contributed by atoms with van der Waals surface area (Å²) in [5.41, 5.74) is 11.3. The second kappa shape index (κ2) is 10.8. The summed E-state index contributed by atoms with van der Waals surface area (Å²) in [6.45, 7) is 5.73. The van der Waals surface area contributed by atoms with Crippen LogP contribution in [0.25, 0.3) is 0 Å². The van der Waals surface area contributed by atoms with Gasteiger partial charge in [0, 0.05) is 30.6 Å². The fourth-order valence-electron chi connectivity index (χ4n) is 2.98. The number of quaternary nitrogens is 1. The van der Waals surface area contributed by atoms with Gasteiger partial charge < -0.3 is 21.7 Å². The van der Waals surface area contributed by atoms with E-state index in [0.29, 0.717) is 24.5 Å². The summed E-state index contributed by atoms with van der Waals surface area (Å²) < 4.78 is 0. The summed E-state index contributed by atoms with van der Waals surface area (Å²) in [6, 6.07) is 7.31. The molecular formula is C19H32N5O+. The first kappa shape index (κ1) is 19.4. The first-order valence-corrected chi connectivity index (χ1v) is 9.41. The van der Waals surface area contributed by atoms with E-state index in [9.17, 15) is 4.79 Å². The molecule has 0 saturated carbocycles. The molecule has 0 spiro atoms. The summed E-state index contributed by atoms with van der Waals surface area (Å²) in [5, 5.41) is 3.00. The zero-order chi connectivity index (χ0) is 17.9. The van der Waals surface area contributed by atoms with E-state index in [2.05, 4.69) is 20.9 Å².